The summed E-state index contributed by atoms with van der Waals surface area (Å²) in [4.78, 5) is 14.2. The Hall–Kier alpha value is -1.59. The van der Waals surface area contributed by atoms with E-state index >= 15 is 0 Å². The van der Waals surface area contributed by atoms with E-state index in [-0.39, 0.29) is 11.3 Å². The Morgan fingerprint density at radius 2 is 1.65 bits per heavy atom. The van der Waals surface area contributed by atoms with Crippen molar-refractivity contribution >= 4 is 5.91 Å². The Balaban J connectivity index is 1.69. The molecule has 0 bridgehead atoms. The minimum absolute atomic E-state index is 0.141. The Labute approximate surface area is 157 Å². The molecule has 0 unspecified atom stereocenters. The minimum atomic E-state index is -0.529. The third-order valence-electron chi connectivity index (χ3n) is 5.15. The zero-order valence-corrected chi connectivity index (χ0v) is 16.8. The molecular formula is C21H33NO4. The molecule has 0 spiro atoms. The van der Waals surface area contributed by atoms with Crippen molar-refractivity contribution in [2.24, 2.45) is 0 Å². The first kappa shape index (κ1) is 20.7. The van der Waals surface area contributed by atoms with Gasteiger partial charge in [-0.05, 0) is 29.5 Å². The van der Waals surface area contributed by atoms with Crippen molar-refractivity contribution in [1.82, 2.24) is 4.90 Å². The summed E-state index contributed by atoms with van der Waals surface area (Å²) in [5.74, 6) is 0.505. The van der Waals surface area contributed by atoms with Crippen molar-refractivity contribution in [3.05, 3.63) is 29.8 Å². The smallest absolute Gasteiger partial charge is 0.222 e. The standard InChI is InChI=1S/C21H33NO4/c1-20(2,3)17-8-10-18(11-9-17)26-16-6-7-19(23)22-14-12-21(24-4,25-5)13-15-22/h8-11H,6-7,12-16H2,1-5H3. The molecule has 1 heterocycles. The van der Waals surface area contributed by atoms with E-state index in [0.29, 0.717) is 39.0 Å². The first-order valence-corrected chi connectivity index (χ1v) is 9.41. The number of carbonyl (C=O) groups excluding carboxylic acids is 1. The van der Waals surface area contributed by atoms with Crippen molar-refractivity contribution < 1.29 is 19.0 Å². The number of amides is 1. The summed E-state index contributed by atoms with van der Waals surface area (Å²) >= 11 is 0. The molecule has 0 radical (unpaired) electrons. The van der Waals surface area contributed by atoms with Crippen LogP contribution in [0.25, 0.3) is 0 Å². The highest BCUT2D eigenvalue weighted by atomic mass is 16.7. The molecule has 5 nitrogen and oxygen atoms in total. The molecule has 0 aromatic heterocycles. The van der Waals surface area contributed by atoms with Crippen LogP contribution in [-0.2, 0) is 19.7 Å². The third-order valence-corrected chi connectivity index (χ3v) is 5.15. The third kappa shape index (κ3) is 5.45. The van der Waals surface area contributed by atoms with E-state index in [2.05, 4.69) is 32.9 Å². The second-order valence-corrected chi connectivity index (χ2v) is 7.93. The highest BCUT2D eigenvalue weighted by molar-refractivity contribution is 5.76. The Morgan fingerprint density at radius 3 is 2.15 bits per heavy atom. The van der Waals surface area contributed by atoms with Gasteiger partial charge in [0.2, 0.25) is 5.91 Å². The minimum Gasteiger partial charge on any atom is -0.494 e. The molecule has 146 valence electrons. The molecular weight excluding hydrogens is 330 g/mol. The van der Waals surface area contributed by atoms with E-state index in [1.807, 2.05) is 17.0 Å². The number of benzene rings is 1. The van der Waals surface area contributed by atoms with Crippen LogP contribution in [0.15, 0.2) is 24.3 Å². The zero-order valence-electron chi connectivity index (χ0n) is 16.8. The molecule has 0 atom stereocenters. The van der Waals surface area contributed by atoms with Crippen LogP contribution in [0.3, 0.4) is 0 Å². The molecule has 1 aromatic rings. The van der Waals surface area contributed by atoms with E-state index in [1.165, 1.54) is 5.56 Å². The highest BCUT2D eigenvalue weighted by Crippen LogP contribution is 2.27. The predicted molar refractivity (Wildman–Crippen MR) is 102 cm³/mol. The van der Waals surface area contributed by atoms with E-state index in [9.17, 15) is 4.79 Å². The molecule has 5 heteroatoms. The lowest BCUT2D eigenvalue weighted by Gasteiger charge is -2.39. The first-order chi connectivity index (χ1) is 12.3. The van der Waals surface area contributed by atoms with Crippen LogP contribution in [0.4, 0.5) is 0 Å². The number of hydrogen-bond donors (Lipinski definition) is 0. The van der Waals surface area contributed by atoms with Crippen LogP contribution in [0.2, 0.25) is 0 Å². The molecule has 1 saturated heterocycles. The zero-order chi connectivity index (χ0) is 19.2. The van der Waals surface area contributed by atoms with Crippen molar-refractivity contribution in [3.8, 4) is 5.75 Å². The molecule has 2 rings (SSSR count). The van der Waals surface area contributed by atoms with Crippen molar-refractivity contribution in [3.63, 3.8) is 0 Å². The molecule has 0 saturated carbocycles. The fraction of sp³-hybridized carbons (Fsp3) is 0.667. The van der Waals surface area contributed by atoms with Gasteiger partial charge < -0.3 is 19.1 Å². The number of piperidine rings is 1. The monoisotopic (exact) mass is 363 g/mol. The summed E-state index contributed by atoms with van der Waals surface area (Å²) in [5, 5.41) is 0. The molecule has 1 aromatic carbocycles. The summed E-state index contributed by atoms with van der Waals surface area (Å²) in [6.45, 7) is 8.48. The van der Waals surface area contributed by atoms with Crippen LogP contribution >= 0.6 is 0 Å². The highest BCUT2D eigenvalue weighted by Gasteiger charge is 2.35. The van der Waals surface area contributed by atoms with Crippen LogP contribution < -0.4 is 4.74 Å². The molecule has 1 fully saturated rings. The molecule has 1 aliphatic rings. The second kappa shape index (κ2) is 8.87. The van der Waals surface area contributed by atoms with E-state index in [0.717, 1.165) is 12.2 Å². The van der Waals surface area contributed by atoms with Gasteiger partial charge in [0.25, 0.3) is 0 Å². The summed E-state index contributed by atoms with van der Waals surface area (Å²) in [6.07, 6.45) is 2.65. The first-order valence-electron chi connectivity index (χ1n) is 9.41. The summed E-state index contributed by atoms with van der Waals surface area (Å²) in [6, 6.07) is 8.21. The van der Waals surface area contributed by atoms with Gasteiger partial charge >= 0.3 is 0 Å². The van der Waals surface area contributed by atoms with Crippen LogP contribution in [0.1, 0.15) is 52.0 Å². The number of carbonyl (C=O) groups is 1. The van der Waals surface area contributed by atoms with Crippen LogP contribution in [0, 0.1) is 0 Å². The Morgan fingerprint density at radius 1 is 1.08 bits per heavy atom. The van der Waals surface area contributed by atoms with E-state index < -0.39 is 5.79 Å². The Bertz CT molecular complexity index is 563. The maximum atomic E-state index is 12.3. The van der Waals surface area contributed by atoms with Gasteiger partial charge in [-0.15, -0.1) is 0 Å². The molecule has 0 N–H and O–H groups in total. The number of methoxy groups -OCH3 is 2. The number of ether oxygens (including phenoxy) is 3. The van der Waals surface area contributed by atoms with Crippen LogP contribution in [0.5, 0.6) is 5.75 Å². The number of hydrogen-bond acceptors (Lipinski definition) is 4. The van der Waals surface area contributed by atoms with E-state index in [1.54, 1.807) is 14.2 Å². The van der Waals surface area contributed by atoms with Gasteiger partial charge in [-0.1, -0.05) is 32.9 Å². The topological polar surface area (TPSA) is 48.0 Å². The van der Waals surface area contributed by atoms with E-state index in [4.69, 9.17) is 14.2 Å². The second-order valence-electron chi connectivity index (χ2n) is 7.93. The van der Waals surface area contributed by atoms with Gasteiger partial charge in [0.1, 0.15) is 5.75 Å². The summed E-state index contributed by atoms with van der Waals surface area (Å²) < 4.78 is 16.7. The SMILES string of the molecule is COC1(OC)CCN(C(=O)CCCOc2ccc(C(C)(C)C)cc2)CC1. The lowest BCUT2D eigenvalue weighted by Crippen LogP contribution is -2.48. The number of rotatable bonds is 7. The van der Waals surface area contributed by atoms with Gasteiger partial charge in [-0.2, -0.15) is 0 Å². The fourth-order valence-electron chi connectivity index (χ4n) is 3.21. The average Bonchev–Trinajstić information content (AvgIpc) is 2.65. The lowest BCUT2D eigenvalue weighted by atomic mass is 9.87. The number of nitrogens with zero attached hydrogens (tertiary/aromatic N) is 1. The van der Waals surface area contributed by atoms with Gasteiger partial charge in [-0.3, -0.25) is 4.79 Å². The number of likely N-dealkylation sites (tertiary alicyclic amines) is 1. The normalized spacial score (nSPS) is 17.2. The summed E-state index contributed by atoms with van der Waals surface area (Å²) in [7, 11) is 3.32. The molecule has 26 heavy (non-hydrogen) atoms. The Kier molecular flexibility index (Phi) is 7.07. The van der Waals surface area contributed by atoms with Crippen molar-refractivity contribution in [1.29, 1.82) is 0 Å². The van der Waals surface area contributed by atoms with Crippen molar-refractivity contribution in [2.45, 2.75) is 57.7 Å². The largest absolute Gasteiger partial charge is 0.494 e. The van der Waals surface area contributed by atoms with Crippen LogP contribution in [-0.4, -0.2) is 50.5 Å². The average molecular weight is 363 g/mol. The lowest BCUT2D eigenvalue weighted by molar-refractivity contribution is -0.228. The van der Waals surface area contributed by atoms with Gasteiger partial charge in [0, 0.05) is 46.6 Å². The maximum Gasteiger partial charge on any atom is 0.222 e. The van der Waals surface area contributed by atoms with Gasteiger partial charge in [0.15, 0.2) is 5.79 Å². The van der Waals surface area contributed by atoms with Crippen molar-refractivity contribution in [2.75, 3.05) is 33.9 Å². The molecule has 0 aliphatic carbocycles. The molecule has 1 amide bonds. The fourth-order valence-corrected chi connectivity index (χ4v) is 3.21. The van der Waals surface area contributed by atoms with Gasteiger partial charge in [-0.25, -0.2) is 0 Å². The maximum absolute atomic E-state index is 12.3. The summed E-state index contributed by atoms with van der Waals surface area (Å²) in [5.41, 5.74) is 1.43. The predicted octanol–water partition coefficient (Wildman–Crippen LogP) is 3.75. The van der Waals surface area contributed by atoms with Gasteiger partial charge in [0.05, 0.1) is 6.61 Å². The molecule has 1 aliphatic heterocycles. The quantitative estimate of drug-likeness (QED) is 0.547.